The van der Waals surface area contributed by atoms with Gasteiger partial charge < -0.3 is 0 Å². The van der Waals surface area contributed by atoms with Crippen LogP contribution < -0.4 is 0 Å². The summed E-state index contributed by atoms with van der Waals surface area (Å²) < 4.78 is 0. The lowest BCUT2D eigenvalue weighted by Gasteiger charge is -2.30. The molecule has 0 bridgehead atoms. The van der Waals surface area contributed by atoms with Crippen molar-refractivity contribution in [2.24, 2.45) is 11.8 Å². The summed E-state index contributed by atoms with van der Waals surface area (Å²) >= 11 is 7.53. The maximum absolute atomic E-state index is 9.16. The van der Waals surface area contributed by atoms with E-state index >= 15 is 0 Å². The minimum Gasteiger partial charge on any atom is -0.248 e. The van der Waals surface area contributed by atoms with Crippen molar-refractivity contribution in [2.45, 2.75) is 36.5 Å². The molecule has 0 amide bonds. The van der Waals surface area contributed by atoms with E-state index in [0.29, 0.717) is 16.2 Å². The highest BCUT2D eigenvalue weighted by atomic mass is 35.5. The number of rotatable bonds is 2. The van der Waals surface area contributed by atoms with Crippen molar-refractivity contribution in [2.75, 3.05) is 0 Å². The normalized spacial score (nSPS) is 28.6. The average Bonchev–Trinajstić information content (AvgIpc) is 2.32. The van der Waals surface area contributed by atoms with Crippen molar-refractivity contribution in [1.29, 1.82) is 5.26 Å². The summed E-state index contributed by atoms with van der Waals surface area (Å²) in [5.41, 5.74) is 0. The fraction of sp³-hybridized carbons (Fsp3) is 0.538. The Bertz CT molecular complexity index is 412. The zero-order valence-corrected chi connectivity index (χ0v) is 11.3. The molecule has 1 saturated carbocycles. The van der Waals surface area contributed by atoms with Gasteiger partial charge in [-0.25, -0.2) is 4.98 Å². The van der Waals surface area contributed by atoms with Crippen LogP contribution in [-0.4, -0.2) is 10.2 Å². The molecule has 0 spiro atoms. The van der Waals surface area contributed by atoms with Gasteiger partial charge in [-0.05, 0) is 37.3 Å². The molecule has 1 aromatic heterocycles. The third kappa shape index (κ3) is 3.37. The first-order chi connectivity index (χ1) is 8.19. The van der Waals surface area contributed by atoms with Crippen molar-refractivity contribution < 1.29 is 0 Å². The molecule has 3 atom stereocenters. The zero-order chi connectivity index (χ0) is 12.3. The van der Waals surface area contributed by atoms with Crippen molar-refractivity contribution in [3.05, 3.63) is 23.4 Å². The highest BCUT2D eigenvalue weighted by Crippen LogP contribution is 2.38. The van der Waals surface area contributed by atoms with E-state index in [2.05, 4.69) is 18.0 Å². The van der Waals surface area contributed by atoms with Crippen LogP contribution in [0.15, 0.2) is 23.4 Å². The van der Waals surface area contributed by atoms with Gasteiger partial charge in [0, 0.05) is 11.4 Å². The maximum Gasteiger partial charge on any atom is 0.0964 e. The number of pyridine rings is 1. The maximum atomic E-state index is 9.16. The summed E-state index contributed by atoms with van der Waals surface area (Å²) in [5, 5.41) is 11.2. The second-order valence-corrected chi connectivity index (χ2v) is 6.32. The van der Waals surface area contributed by atoms with Crippen LogP contribution in [-0.2, 0) is 0 Å². The molecule has 1 aromatic rings. The molecular weight excluding hydrogens is 252 g/mol. The van der Waals surface area contributed by atoms with Crippen molar-refractivity contribution in [1.82, 2.24) is 4.98 Å². The first-order valence-corrected chi connectivity index (χ1v) is 7.12. The van der Waals surface area contributed by atoms with E-state index in [1.54, 1.807) is 18.0 Å². The van der Waals surface area contributed by atoms with Crippen molar-refractivity contribution >= 4 is 23.4 Å². The smallest absolute Gasteiger partial charge is 0.0964 e. The molecule has 1 fully saturated rings. The van der Waals surface area contributed by atoms with Gasteiger partial charge in [0.15, 0.2) is 0 Å². The zero-order valence-electron chi connectivity index (χ0n) is 9.77. The molecule has 4 heteroatoms. The number of nitrogens with zero attached hydrogens (tertiary/aromatic N) is 2. The molecule has 0 radical (unpaired) electrons. The van der Waals surface area contributed by atoms with Crippen LogP contribution >= 0.6 is 23.4 Å². The number of hydrogen-bond donors (Lipinski definition) is 0. The summed E-state index contributed by atoms with van der Waals surface area (Å²) in [6.07, 6.45) is 4.96. The predicted octanol–water partition coefficient (Wildman–Crippen LogP) is 4.16. The third-order valence-corrected chi connectivity index (χ3v) is 4.72. The van der Waals surface area contributed by atoms with Gasteiger partial charge in [0.05, 0.1) is 22.0 Å². The Balaban J connectivity index is 2.05. The standard InChI is InChI=1S/C13H15ClN2S/c1-9-2-3-10(7-15)12(6-9)17-13-5-4-11(14)8-16-13/h4-5,8-10,12H,2-3,6H2,1H3. The van der Waals surface area contributed by atoms with E-state index in [4.69, 9.17) is 16.9 Å². The predicted molar refractivity (Wildman–Crippen MR) is 71.0 cm³/mol. The van der Waals surface area contributed by atoms with Gasteiger partial charge >= 0.3 is 0 Å². The molecule has 1 aliphatic rings. The van der Waals surface area contributed by atoms with E-state index in [0.717, 1.165) is 17.9 Å². The van der Waals surface area contributed by atoms with Crippen LogP contribution in [0.5, 0.6) is 0 Å². The van der Waals surface area contributed by atoms with E-state index in [1.165, 1.54) is 6.42 Å². The molecule has 0 saturated heterocycles. The Hall–Kier alpha value is -0.720. The minimum absolute atomic E-state index is 0.161. The Morgan fingerprint density at radius 3 is 2.94 bits per heavy atom. The van der Waals surface area contributed by atoms with Gasteiger partial charge in [-0.1, -0.05) is 18.5 Å². The van der Waals surface area contributed by atoms with Crippen LogP contribution in [0.4, 0.5) is 0 Å². The van der Waals surface area contributed by atoms with E-state index in [9.17, 15) is 0 Å². The molecule has 90 valence electrons. The van der Waals surface area contributed by atoms with Crippen LogP contribution in [0.2, 0.25) is 5.02 Å². The number of nitriles is 1. The number of halogens is 1. The first kappa shape index (κ1) is 12.7. The molecule has 17 heavy (non-hydrogen) atoms. The molecular formula is C13H15ClN2S. The second-order valence-electron chi connectivity index (χ2n) is 4.62. The van der Waals surface area contributed by atoms with Crippen LogP contribution in [0.1, 0.15) is 26.2 Å². The average molecular weight is 267 g/mol. The fourth-order valence-corrected chi connectivity index (χ4v) is 3.66. The van der Waals surface area contributed by atoms with E-state index < -0.39 is 0 Å². The van der Waals surface area contributed by atoms with Crippen molar-refractivity contribution in [3.63, 3.8) is 0 Å². The summed E-state index contributed by atoms with van der Waals surface area (Å²) in [5.74, 6) is 0.873. The molecule has 3 unspecified atom stereocenters. The molecule has 1 heterocycles. The Kier molecular flexibility index (Phi) is 4.31. The van der Waals surface area contributed by atoms with Gasteiger partial charge in [0.1, 0.15) is 0 Å². The highest BCUT2D eigenvalue weighted by Gasteiger charge is 2.29. The molecule has 0 N–H and O–H groups in total. The second kappa shape index (κ2) is 5.75. The van der Waals surface area contributed by atoms with Crippen LogP contribution in [0.25, 0.3) is 0 Å². The van der Waals surface area contributed by atoms with Gasteiger partial charge in [-0.3, -0.25) is 0 Å². The van der Waals surface area contributed by atoms with Crippen LogP contribution in [0.3, 0.4) is 0 Å². The molecule has 1 aliphatic carbocycles. The topological polar surface area (TPSA) is 36.7 Å². The molecule has 2 nitrogen and oxygen atoms in total. The van der Waals surface area contributed by atoms with Gasteiger partial charge in [0.25, 0.3) is 0 Å². The monoisotopic (exact) mass is 266 g/mol. The SMILES string of the molecule is CC1CCC(C#N)C(Sc2ccc(Cl)cn2)C1. The Morgan fingerprint density at radius 1 is 1.47 bits per heavy atom. The number of hydrogen-bond acceptors (Lipinski definition) is 3. The minimum atomic E-state index is 0.161. The molecule has 0 aliphatic heterocycles. The van der Waals surface area contributed by atoms with Crippen LogP contribution in [0, 0.1) is 23.2 Å². The van der Waals surface area contributed by atoms with E-state index in [-0.39, 0.29) is 5.92 Å². The summed E-state index contributed by atoms with van der Waals surface area (Å²) in [7, 11) is 0. The third-order valence-electron chi connectivity index (χ3n) is 3.19. The number of aromatic nitrogens is 1. The quantitative estimate of drug-likeness (QED) is 0.807. The summed E-state index contributed by atoms with van der Waals surface area (Å²) in [6, 6.07) is 6.21. The van der Waals surface area contributed by atoms with Gasteiger partial charge in [-0.15, -0.1) is 11.8 Å². The molecule has 2 rings (SSSR count). The largest absolute Gasteiger partial charge is 0.248 e. The lowest BCUT2D eigenvalue weighted by atomic mass is 9.83. The first-order valence-electron chi connectivity index (χ1n) is 5.87. The van der Waals surface area contributed by atoms with Crippen molar-refractivity contribution in [3.8, 4) is 6.07 Å². The Labute approximate surface area is 111 Å². The Morgan fingerprint density at radius 2 is 2.29 bits per heavy atom. The summed E-state index contributed by atoms with van der Waals surface area (Å²) in [6.45, 7) is 2.26. The lowest BCUT2D eigenvalue weighted by Crippen LogP contribution is -2.25. The molecule has 0 aromatic carbocycles. The number of thioether (sulfide) groups is 1. The van der Waals surface area contributed by atoms with Gasteiger partial charge in [-0.2, -0.15) is 5.26 Å². The lowest BCUT2D eigenvalue weighted by molar-refractivity contribution is 0.345. The van der Waals surface area contributed by atoms with Gasteiger partial charge in [0.2, 0.25) is 0 Å². The fourth-order valence-electron chi connectivity index (χ4n) is 2.19. The summed E-state index contributed by atoms with van der Waals surface area (Å²) in [4.78, 5) is 4.29. The highest BCUT2D eigenvalue weighted by molar-refractivity contribution is 7.99. The van der Waals surface area contributed by atoms with E-state index in [1.807, 2.05) is 12.1 Å².